The highest BCUT2D eigenvalue weighted by Crippen LogP contribution is 2.21. The average molecular weight is 403 g/mol. The number of ether oxygens (including phenoxy) is 1. The fraction of sp³-hybridized carbons (Fsp3) is 0.364. The summed E-state index contributed by atoms with van der Waals surface area (Å²) in [5, 5.41) is 3.19. The van der Waals surface area contributed by atoms with Crippen LogP contribution >= 0.6 is 11.6 Å². The predicted octanol–water partition coefficient (Wildman–Crippen LogP) is 3.89. The molecular weight excluding hydrogens is 376 g/mol. The molecule has 0 bridgehead atoms. The molecule has 0 radical (unpaired) electrons. The van der Waals surface area contributed by atoms with Crippen molar-refractivity contribution in [3.05, 3.63) is 64.2 Å². The summed E-state index contributed by atoms with van der Waals surface area (Å²) in [4.78, 5) is 26.9. The Labute approximate surface area is 171 Å². The molecule has 1 N–H and O–H groups in total. The minimum absolute atomic E-state index is 0.151. The number of carbonyl (C=O) groups excluding carboxylic acids is 2. The number of hydrogen-bond donors (Lipinski definition) is 1. The predicted molar refractivity (Wildman–Crippen MR) is 112 cm³/mol. The summed E-state index contributed by atoms with van der Waals surface area (Å²) in [6, 6.07) is 12.5. The number of carbonyl (C=O) groups is 2. The van der Waals surface area contributed by atoms with E-state index >= 15 is 0 Å². The Balaban J connectivity index is 2.22. The van der Waals surface area contributed by atoms with Crippen LogP contribution in [-0.2, 0) is 16.1 Å². The SMILES string of the molecule is CCC(C(=O)NC)N(Cc1ccccc1Cl)C(=O)COc1ccc(C)cc1C. The lowest BCUT2D eigenvalue weighted by Crippen LogP contribution is -2.49. The number of likely N-dealkylation sites (N-methyl/N-ethyl adjacent to an activating group) is 1. The molecule has 0 saturated carbocycles. The van der Waals surface area contributed by atoms with Crippen LogP contribution in [0.4, 0.5) is 0 Å². The Morgan fingerprint density at radius 1 is 1.18 bits per heavy atom. The Morgan fingerprint density at radius 2 is 1.89 bits per heavy atom. The lowest BCUT2D eigenvalue weighted by molar-refractivity contribution is -0.142. The van der Waals surface area contributed by atoms with Gasteiger partial charge in [-0.1, -0.05) is 54.4 Å². The molecule has 5 nitrogen and oxygen atoms in total. The maximum absolute atomic E-state index is 13.0. The van der Waals surface area contributed by atoms with E-state index in [1.165, 1.54) is 4.90 Å². The minimum Gasteiger partial charge on any atom is -0.483 e. The summed E-state index contributed by atoms with van der Waals surface area (Å²) >= 11 is 6.27. The van der Waals surface area contributed by atoms with E-state index in [1.807, 2.05) is 57.2 Å². The van der Waals surface area contributed by atoms with Gasteiger partial charge in [-0.2, -0.15) is 0 Å². The van der Waals surface area contributed by atoms with E-state index in [0.717, 1.165) is 16.7 Å². The van der Waals surface area contributed by atoms with Crippen LogP contribution in [0.15, 0.2) is 42.5 Å². The number of rotatable bonds is 8. The smallest absolute Gasteiger partial charge is 0.261 e. The van der Waals surface area contributed by atoms with Gasteiger partial charge in [-0.3, -0.25) is 9.59 Å². The number of halogens is 1. The number of amides is 2. The number of hydrogen-bond acceptors (Lipinski definition) is 3. The van der Waals surface area contributed by atoms with Crippen molar-refractivity contribution in [3.63, 3.8) is 0 Å². The fourth-order valence-electron chi connectivity index (χ4n) is 3.08. The second kappa shape index (κ2) is 10.1. The van der Waals surface area contributed by atoms with Crippen LogP contribution in [0.1, 0.15) is 30.0 Å². The third-order valence-electron chi connectivity index (χ3n) is 4.61. The summed E-state index contributed by atoms with van der Waals surface area (Å²) in [5.74, 6) is 0.175. The second-order valence-electron chi connectivity index (χ2n) is 6.71. The Kier molecular flexibility index (Phi) is 7.88. The van der Waals surface area contributed by atoms with Gasteiger partial charge in [0.25, 0.3) is 5.91 Å². The van der Waals surface area contributed by atoms with Gasteiger partial charge < -0.3 is 15.0 Å². The van der Waals surface area contributed by atoms with Crippen molar-refractivity contribution in [1.29, 1.82) is 0 Å². The molecule has 2 rings (SSSR count). The van der Waals surface area contributed by atoms with Gasteiger partial charge in [-0.25, -0.2) is 0 Å². The number of nitrogens with one attached hydrogen (secondary N) is 1. The molecule has 1 atom stereocenters. The van der Waals surface area contributed by atoms with Crippen molar-refractivity contribution in [2.45, 2.75) is 39.8 Å². The van der Waals surface area contributed by atoms with Crippen molar-refractivity contribution in [3.8, 4) is 5.75 Å². The molecule has 1 unspecified atom stereocenters. The molecule has 28 heavy (non-hydrogen) atoms. The molecule has 2 amide bonds. The average Bonchev–Trinajstić information content (AvgIpc) is 2.68. The summed E-state index contributed by atoms with van der Waals surface area (Å²) in [6.07, 6.45) is 0.486. The quantitative estimate of drug-likeness (QED) is 0.728. The zero-order valence-electron chi connectivity index (χ0n) is 16.8. The first kappa shape index (κ1) is 21.8. The van der Waals surface area contributed by atoms with Gasteiger partial charge in [-0.05, 0) is 43.5 Å². The van der Waals surface area contributed by atoms with Gasteiger partial charge in [0, 0.05) is 18.6 Å². The largest absolute Gasteiger partial charge is 0.483 e. The normalized spacial score (nSPS) is 11.6. The van der Waals surface area contributed by atoms with E-state index in [9.17, 15) is 9.59 Å². The van der Waals surface area contributed by atoms with Crippen LogP contribution in [0, 0.1) is 13.8 Å². The van der Waals surface area contributed by atoms with Crippen molar-refractivity contribution in [1.82, 2.24) is 10.2 Å². The fourth-order valence-corrected chi connectivity index (χ4v) is 3.28. The van der Waals surface area contributed by atoms with Crippen molar-refractivity contribution < 1.29 is 14.3 Å². The summed E-state index contributed by atoms with van der Waals surface area (Å²) < 4.78 is 5.75. The van der Waals surface area contributed by atoms with E-state index < -0.39 is 6.04 Å². The van der Waals surface area contributed by atoms with Crippen LogP contribution in [0.2, 0.25) is 5.02 Å². The summed E-state index contributed by atoms with van der Waals surface area (Å²) in [6.45, 7) is 5.90. The monoisotopic (exact) mass is 402 g/mol. The van der Waals surface area contributed by atoms with Gasteiger partial charge in [0.2, 0.25) is 5.91 Å². The number of nitrogens with zero attached hydrogens (tertiary/aromatic N) is 1. The van der Waals surface area contributed by atoms with Crippen molar-refractivity contribution in [2.24, 2.45) is 0 Å². The molecule has 0 saturated heterocycles. The Bertz CT molecular complexity index is 838. The van der Waals surface area contributed by atoms with E-state index in [0.29, 0.717) is 17.2 Å². The molecule has 150 valence electrons. The van der Waals surface area contributed by atoms with Crippen molar-refractivity contribution in [2.75, 3.05) is 13.7 Å². The Hall–Kier alpha value is -2.53. The molecule has 0 aliphatic carbocycles. The third kappa shape index (κ3) is 5.49. The second-order valence-corrected chi connectivity index (χ2v) is 7.12. The lowest BCUT2D eigenvalue weighted by atomic mass is 10.1. The van der Waals surface area contributed by atoms with E-state index in [2.05, 4.69) is 5.32 Å². The molecule has 2 aromatic rings. The maximum Gasteiger partial charge on any atom is 0.261 e. The minimum atomic E-state index is -0.600. The Morgan fingerprint density at radius 3 is 2.50 bits per heavy atom. The highest BCUT2D eigenvalue weighted by atomic mass is 35.5. The van der Waals surface area contributed by atoms with E-state index in [4.69, 9.17) is 16.3 Å². The number of aryl methyl sites for hydroxylation is 2. The van der Waals surface area contributed by atoms with Crippen LogP contribution in [0.3, 0.4) is 0 Å². The first-order valence-corrected chi connectivity index (χ1v) is 9.69. The molecule has 6 heteroatoms. The standard InChI is InChI=1S/C22H27ClN2O3/c1-5-19(22(27)24-4)25(13-17-8-6-7-9-18(17)23)21(26)14-28-20-11-10-15(2)12-16(20)3/h6-12,19H,5,13-14H2,1-4H3,(H,24,27). The molecule has 0 aliphatic heterocycles. The zero-order valence-corrected chi connectivity index (χ0v) is 17.5. The van der Waals surface area contributed by atoms with Gasteiger partial charge in [-0.15, -0.1) is 0 Å². The topological polar surface area (TPSA) is 58.6 Å². The molecule has 0 fully saturated rings. The van der Waals surface area contributed by atoms with Gasteiger partial charge in [0.15, 0.2) is 6.61 Å². The molecule has 0 heterocycles. The van der Waals surface area contributed by atoms with Crippen LogP contribution in [0.5, 0.6) is 5.75 Å². The number of benzene rings is 2. The molecule has 0 spiro atoms. The van der Waals surface area contributed by atoms with Crippen LogP contribution in [-0.4, -0.2) is 36.4 Å². The zero-order chi connectivity index (χ0) is 20.7. The molecule has 2 aromatic carbocycles. The lowest BCUT2D eigenvalue weighted by Gasteiger charge is -2.30. The van der Waals surface area contributed by atoms with Crippen LogP contribution < -0.4 is 10.1 Å². The summed E-state index contributed by atoms with van der Waals surface area (Å²) in [7, 11) is 1.56. The van der Waals surface area contributed by atoms with Crippen LogP contribution in [0.25, 0.3) is 0 Å². The van der Waals surface area contributed by atoms with Gasteiger partial charge in [0.05, 0.1) is 0 Å². The first-order valence-electron chi connectivity index (χ1n) is 9.31. The van der Waals surface area contributed by atoms with E-state index in [1.54, 1.807) is 13.1 Å². The molecular formula is C22H27ClN2O3. The van der Waals surface area contributed by atoms with Gasteiger partial charge in [0.1, 0.15) is 11.8 Å². The van der Waals surface area contributed by atoms with Crippen molar-refractivity contribution >= 4 is 23.4 Å². The summed E-state index contributed by atoms with van der Waals surface area (Å²) in [5.41, 5.74) is 2.87. The molecule has 0 aromatic heterocycles. The van der Waals surface area contributed by atoms with E-state index in [-0.39, 0.29) is 25.0 Å². The first-order chi connectivity index (χ1) is 13.4. The third-order valence-corrected chi connectivity index (χ3v) is 4.98. The molecule has 0 aliphatic rings. The van der Waals surface area contributed by atoms with Gasteiger partial charge >= 0.3 is 0 Å². The maximum atomic E-state index is 13.0. The highest BCUT2D eigenvalue weighted by Gasteiger charge is 2.28. The highest BCUT2D eigenvalue weighted by molar-refractivity contribution is 6.31.